The van der Waals surface area contributed by atoms with E-state index in [0.29, 0.717) is 50.7 Å². The number of piperazine rings is 1. The highest BCUT2D eigenvalue weighted by Crippen LogP contribution is 2.18. The highest BCUT2D eigenvalue weighted by Gasteiger charge is 2.22. The van der Waals surface area contributed by atoms with Gasteiger partial charge in [0.15, 0.2) is 5.65 Å². The van der Waals surface area contributed by atoms with Crippen molar-refractivity contribution >= 4 is 34.5 Å². The summed E-state index contributed by atoms with van der Waals surface area (Å²) in [4.78, 5) is 45.8. The Balaban J connectivity index is 1.30. The van der Waals surface area contributed by atoms with Crippen molar-refractivity contribution in [3.63, 3.8) is 0 Å². The van der Waals surface area contributed by atoms with Crippen molar-refractivity contribution in [2.24, 2.45) is 0 Å². The first-order valence-corrected chi connectivity index (χ1v) is 11.6. The second-order valence-corrected chi connectivity index (χ2v) is 8.20. The molecule has 3 heterocycles. The summed E-state index contributed by atoms with van der Waals surface area (Å²) in [6.07, 6.45) is 0.157. The number of nitrogens with one attached hydrogen (secondary N) is 1. The molecule has 1 aliphatic rings. The molecule has 4 rings (SSSR count). The third-order valence-electron chi connectivity index (χ3n) is 6.15. The quantitative estimate of drug-likeness (QED) is 0.575. The van der Waals surface area contributed by atoms with E-state index in [2.05, 4.69) is 15.2 Å². The molecule has 2 amide bonds. The minimum atomic E-state index is -0.300. The zero-order chi connectivity index (χ0) is 24.2. The molecular formula is C24H29FN6O3. The highest BCUT2D eigenvalue weighted by molar-refractivity contribution is 5.93. The third-order valence-corrected chi connectivity index (χ3v) is 6.15. The molecule has 1 fully saturated rings. The molecule has 1 aromatic carbocycles. The van der Waals surface area contributed by atoms with Gasteiger partial charge in [-0.05, 0) is 50.2 Å². The molecule has 0 saturated carbocycles. The number of rotatable bonds is 7. The van der Waals surface area contributed by atoms with E-state index in [4.69, 9.17) is 0 Å². The number of carbonyl (C=O) groups excluding carboxylic acids is 2. The van der Waals surface area contributed by atoms with Crippen LogP contribution in [-0.2, 0) is 22.7 Å². The van der Waals surface area contributed by atoms with Gasteiger partial charge in [-0.1, -0.05) is 0 Å². The summed E-state index contributed by atoms with van der Waals surface area (Å²) >= 11 is 0. The van der Waals surface area contributed by atoms with E-state index in [1.54, 1.807) is 38.3 Å². The first kappa shape index (κ1) is 23.5. The van der Waals surface area contributed by atoms with E-state index in [1.807, 2.05) is 13.8 Å². The Hall–Kier alpha value is -3.69. The summed E-state index contributed by atoms with van der Waals surface area (Å²) in [7, 11) is 0. The van der Waals surface area contributed by atoms with Crippen molar-refractivity contribution in [1.29, 1.82) is 0 Å². The van der Waals surface area contributed by atoms with Gasteiger partial charge in [0.05, 0.1) is 5.52 Å². The molecule has 2 aromatic heterocycles. The SMILES string of the molecule is CCn1c(=O)n(CC)c2nc(NC(=O)CCC(=O)N3CCN(c4ccc(F)cc4)CC3)ccc21. The number of imidazole rings is 1. The summed E-state index contributed by atoms with van der Waals surface area (Å²) in [5.41, 5.74) is 2.06. The normalized spacial score (nSPS) is 14.0. The van der Waals surface area contributed by atoms with Gasteiger partial charge in [0.25, 0.3) is 0 Å². The molecule has 0 aliphatic carbocycles. The molecule has 34 heavy (non-hydrogen) atoms. The number of hydrogen-bond acceptors (Lipinski definition) is 5. The molecule has 1 aliphatic heterocycles. The van der Waals surface area contributed by atoms with Gasteiger partial charge in [-0.2, -0.15) is 0 Å². The lowest BCUT2D eigenvalue weighted by Gasteiger charge is -2.36. The smallest absolute Gasteiger partial charge is 0.330 e. The van der Waals surface area contributed by atoms with Crippen molar-refractivity contribution in [3.05, 3.63) is 52.7 Å². The molecule has 9 nitrogen and oxygen atoms in total. The largest absolute Gasteiger partial charge is 0.368 e. The Kier molecular flexibility index (Phi) is 6.95. The van der Waals surface area contributed by atoms with Crippen LogP contribution in [0, 0.1) is 5.82 Å². The molecule has 10 heteroatoms. The highest BCUT2D eigenvalue weighted by atomic mass is 19.1. The van der Waals surface area contributed by atoms with Gasteiger partial charge in [-0.3, -0.25) is 18.7 Å². The standard InChI is InChI=1S/C24H29FN6O3/c1-3-30-19-9-10-20(27-23(19)31(4-2)24(30)34)26-21(32)11-12-22(33)29-15-13-28(14-16-29)18-7-5-17(25)6-8-18/h5-10H,3-4,11-16H2,1-2H3,(H,26,27,32). The van der Waals surface area contributed by atoms with Crippen LogP contribution in [0.25, 0.3) is 11.2 Å². The zero-order valence-corrected chi connectivity index (χ0v) is 19.5. The Morgan fingerprint density at radius 3 is 2.26 bits per heavy atom. The predicted molar refractivity (Wildman–Crippen MR) is 128 cm³/mol. The third kappa shape index (κ3) is 4.80. The van der Waals surface area contributed by atoms with E-state index in [0.717, 1.165) is 11.2 Å². The lowest BCUT2D eigenvalue weighted by Crippen LogP contribution is -2.48. The fourth-order valence-electron chi connectivity index (χ4n) is 4.30. The zero-order valence-electron chi connectivity index (χ0n) is 19.5. The topological polar surface area (TPSA) is 92.5 Å². The van der Waals surface area contributed by atoms with Gasteiger partial charge < -0.3 is 15.1 Å². The average molecular weight is 469 g/mol. The van der Waals surface area contributed by atoms with Crippen LogP contribution in [0.4, 0.5) is 15.9 Å². The molecule has 0 bridgehead atoms. The maximum Gasteiger partial charge on any atom is 0.330 e. The number of carbonyl (C=O) groups is 2. The number of hydrogen-bond donors (Lipinski definition) is 1. The molecule has 3 aromatic rings. The predicted octanol–water partition coefficient (Wildman–Crippen LogP) is 2.44. The van der Waals surface area contributed by atoms with Crippen molar-refractivity contribution in [2.45, 2.75) is 39.8 Å². The van der Waals surface area contributed by atoms with Crippen molar-refractivity contribution in [1.82, 2.24) is 19.0 Å². The Morgan fingerprint density at radius 2 is 1.62 bits per heavy atom. The molecule has 180 valence electrons. The number of halogens is 1. The van der Waals surface area contributed by atoms with Crippen LogP contribution in [0.3, 0.4) is 0 Å². The van der Waals surface area contributed by atoms with E-state index in [-0.39, 0.29) is 36.2 Å². The van der Waals surface area contributed by atoms with Crippen molar-refractivity contribution < 1.29 is 14.0 Å². The lowest BCUT2D eigenvalue weighted by atomic mass is 10.2. The Labute approximate surface area is 196 Å². The average Bonchev–Trinajstić information content (AvgIpc) is 3.12. The summed E-state index contributed by atoms with van der Waals surface area (Å²) in [5, 5.41) is 2.74. The van der Waals surface area contributed by atoms with Gasteiger partial charge in [0.2, 0.25) is 11.8 Å². The van der Waals surface area contributed by atoms with Crippen molar-refractivity contribution in [3.8, 4) is 0 Å². The molecule has 1 N–H and O–H groups in total. The molecular weight excluding hydrogens is 439 g/mol. The minimum absolute atomic E-state index is 0.0489. The number of fused-ring (bicyclic) bond motifs is 1. The molecule has 0 unspecified atom stereocenters. The minimum Gasteiger partial charge on any atom is -0.368 e. The number of nitrogens with zero attached hydrogens (tertiary/aromatic N) is 5. The lowest BCUT2D eigenvalue weighted by molar-refractivity contribution is -0.133. The van der Waals surface area contributed by atoms with E-state index in [9.17, 15) is 18.8 Å². The number of amides is 2. The first-order chi connectivity index (χ1) is 16.4. The molecule has 0 spiro atoms. The van der Waals surface area contributed by atoms with E-state index in [1.165, 1.54) is 12.1 Å². The van der Waals surface area contributed by atoms with Gasteiger partial charge in [0.1, 0.15) is 11.6 Å². The van der Waals surface area contributed by atoms with Crippen LogP contribution in [0.5, 0.6) is 0 Å². The summed E-state index contributed by atoms with van der Waals surface area (Å²) in [6.45, 7) is 7.22. The van der Waals surface area contributed by atoms with Crippen LogP contribution in [0.2, 0.25) is 0 Å². The van der Waals surface area contributed by atoms with Gasteiger partial charge in [-0.25, -0.2) is 14.2 Å². The van der Waals surface area contributed by atoms with E-state index >= 15 is 0 Å². The summed E-state index contributed by atoms with van der Waals surface area (Å²) < 4.78 is 16.3. The first-order valence-electron chi connectivity index (χ1n) is 11.6. The van der Waals surface area contributed by atoms with Crippen LogP contribution in [0.15, 0.2) is 41.2 Å². The Morgan fingerprint density at radius 1 is 0.941 bits per heavy atom. The van der Waals surface area contributed by atoms with Crippen molar-refractivity contribution in [2.75, 3.05) is 36.4 Å². The van der Waals surface area contributed by atoms with Gasteiger partial charge in [-0.15, -0.1) is 0 Å². The van der Waals surface area contributed by atoms with Gasteiger partial charge in [0, 0.05) is 57.8 Å². The van der Waals surface area contributed by atoms with Crippen LogP contribution < -0.4 is 15.9 Å². The van der Waals surface area contributed by atoms with E-state index < -0.39 is 0 Å². The number of benzene rings is 1. The maximum absolute atomic E-state index is 13.1. The fraction of sp³-hybridized carbons (Fsp3) is 0.417. The van der Waals surface area contributed by atoms with Crippen LogP contribution in [-0.4, -0.2) is 57.0 Å². The second-order valence-electron chi connectivity index (χ2n) is 8.20. The fourth-order valence-corrected chi connectivity index (χ4v) is 4.30. The van der Waals surface area contributed by atoms with Crippen LogP contribution >= 0.6 is 0 Å². The Bertz CT molecular complexity index is 1240. The summed E-state index contributed by atoms with van der Waals surface area (Å²) in [5.74, 6) is -0.291. The number of aryl methyl sites for hydroxylation is 2. The molecule has 1 saturated heterocycles. The number of pyridine rings is 1. The van der Waals surface area contributed by atoms with Crippen LogP contribution in [0.1, 0.15) is 26.7 Å². The number of aromatic nitrogens is 3. The summed E-state index contributed by atoms with van der Waals surface area (Å²) in [6, 6.07) is 9.78. The molecule has 0 radical (unpaired) electrons. The maximum atomic E-state index is 13.1. The molecule has 0 atom stereocenters. The number of anilines is 2. The monoisotopic (exact) mass is 468 g/mol. The second kappa shape index (κ2) is 10.1. The van der Waals surface area contributed by atoms with Gasteiger partial charge >= 0.3 is 5.69 Å².